The van der Waals surface area contributed by atoms with Gasteiger partial charge in [0.05, 0.1) is 16.1 Å². The summed E-state index contributed by atoms with van der Waals surface area (Å²) in [5.74, 6) is -0.855. The van der Waals surface area contributed by atoms with E-state index in [0.717, 1.165) is 4.68 Å². The maximum absolute atomic E-state index is 13.2. The lowest BCUT2D eigenvalue weighted by molar-refractivity contribution is -0.116. The van der Waals surface area contributed by atoms with Crippen molar-refractivity contribution < 1.29 is 9.59 Å². The van der Waals surface area contributed by atoms with Gasteiger partial charge in [0.1, 0.15) is 6.54 Å². The van der Waals surface area contributed by atoms with Gasteiger partial charge in [0, 0.05) is 24.0 Å². The molecule has 0 saturated carbocycles. The number of benzene rings is 2. The van der Waals surface area contributed by atoms with Crippen LogP contribution in [-0.4, -0.2) is 39.6 Å². The highest BCUT2D eigenvalue weighted by atomic mass is 35.5. The Labute approximate surface area is 183 Å². The van der Waals surface area contributed by atoms with Crippen molar-refractivity contribution in [3.8, 4) is 0 Å². The van der Waals surface area contributed by atoms with E-state index in [0.29, 0.717) is 39.5 Å². The van der Waals surface area contributed by atoms with E-state index >= 15 is 0 Å². The highest BCUT2D eigenvalue weighted by molar-refractivity contribution is 6.35. The molecule has 0 aliphatic carbocycles. The molecular formula is C21H20Cl2N4O3. The van der Waals surface area contributed by atoms with Gasteiger partial charge in [-0.25, -0.2) is 4.68 Å². The molecule has 156 valence electrons. The Morgan fingerprint density at radius 3 is 2.53 bits per heavy atom. The zero-order valence-electron chi connectivity index (χ0n) is 16.5. The highest BCUT2D eigenvalue weighted by Crippen LogP contribution is 2.25. The second kappa shape index (κ2) is 9.28. The van der Waals surface area contributed by atoms with Crippen molar-refractivity contribution in [3.63, 3.8) is 0 Å². The number of fused-ring (bicyclic) bond motifs is 1. The summed E-state index contributed by atoms with van der Waals surface area (Å²) < 4.78 is 1.13. The van der Waals surface area contributed by atoms with Crippen LogP contribution in [0.25, 0.3) is 10.8 Å². The molecule has 0 unspecified atom stereocenters. The van der Waals surface area contributed by atoms with Crippen molar-refractivity contribution in [2.24, 2.45) is 7.05 Å². The van der Waals surface area contributed by atoms with Crippen molar-refractivity contribution in [3.05, 3.63) is 68.6 Å². The molecule has 0 atom stereocenters. The van der Waals surface area contributed by atoms with Gasteiger partial charge < -0.3 is 10.2 Å². The van der Waals surface area contributed by atoms with Crippen LogP contribution in [0.3, 0.4) is 0 Å². The largest absolute Gasteiger partial charge is 0.328 e. The summed E-state index contributed by atoms with van der Waals surface area (Å²) in [7, 11) is 1.49. The molecule has 2 aromatic carbocycles. The monoisotopic (exact) mass is 446 g/mol. The topological polar surface area (TPSA) is 84.3 Å². The van der Waals surface area contributed by atoms with E-state index in [2.05, 4.69) is 10.4 Å². The van der Waals surface area contributed by atoms with Crippen LogP contribution in [0.1, 0.15) is 23.8 Å². The Balaban J connectivity index is 1.90. The average Bonchev–Trinajstić information content (AvgIpc) is 2.72. The molecule has 0 radical (unpaired) electrons. The number of rotatable bonds is 6. The van der Waals surface area contributed by atoms with Crippen LogP contribution >= 0.6 is 23.2 Å². The summed E-state index contributed by atoms with van der Waals surface area (Å²) in [5, 5.41) is 8.45. The molecule has 0 saturated heterocycles. The number of carbonyl (C=O) groups excluding carboxylic acids is 2. The van der Waals surface area contributed by atoms with Gasteiger partial charge in [-0.15, -0.1) is 0 Å². The number of carbonyl (C=O) groups is 2. The minimum absolute atomic E-state index is 0.120. The normalized spacial score (nSPS) is 10.8. The summed E-state index contributed by atoms with van der Waals surface area (Å²) in [6.07, 6.45) is 0.640. The first-order valence-electron chi connectivity index (χ1n) is 9.32. The molecule has 3 aromatic rings. The summed E-state index contributed by atoms with van der Waals surface area (Å²) in [6.45, 7) is 2.04. The van der Waals surface area contributed by atoms with Crippen molar-refractivity contribution in [2.45, 2.75) is 13.3 Å². The standard InChI is InChI=1S/C21H20Cl2N4O3/c1-3-10-27(12-18(28)24-17-11-13(22)8-9-16(17)23)21(30)19-14-6-4-5-7-15(14)20(29)26(2)25-19/h4-9,11H,3,10,12H2,1-2H3,(H,24,28). The fraction of sp³-hybridized carbons (Fsp3) is 0.238. The summed E-state index contributed by atoms with van der Waals surface area (Å²) in [4.78, 5) is 39.6. The first-order valence-corrected chi connectivity index (χ1v) is 10.1. The van der Waals surface area contributed by atoms with Crippen LogP contribution in [0.15, 0.2) is 47.3 Å². The molecule has 1 N–H and O–H groups in total. The van der Waals surface area contributed by atoms with Crippen molar-refractivity contribution in [1.29, 1.82) is 0 Å². The van der Waals surface area contributed by atoms with E-state index in [9.17, 15) is 14.4 Å². The van der Waals surface area contributed by atoms with E-state index < -0.39 is 11.8 Å². The van der Waals surface area contributed by atoms with Crippen LogP contribution in [0, 0.1) is 0 Å². The van der Waals surface area contributed by atoms with Crippen LogP contribution in [0.5, 0.6) is 0 Å². The summed E-state index contributed by atoms with van der Waals surface area (Å²) in [6, 6.07) is 11.5. The lowest BCUT2D eigenvalue weighted by Gasteiger charge is -2.22. The van der Waals surface area contributed by atoms with E-state index in [1.54, 1.807) is 36.4 Å². The third-order valence-electron chi connectivity index (χ3n) is 4.48. The van der Waals surface area contributed by atoms with Crippen LogP contribution in [0.4, 0.5) is 5.69 Å². The molecule has 30 heavy (non-hydrogen) atoms. The van der Waals surface area contributed by atoms with E-state index in [1.165, 1.54) is 18.0 Å². The Morgan fingerprint density at radius 2 is 1.83 bits per heavy atom. The van der Waals surface area contributed by atoms with Crippen LogP contribution < -0.4 is 10.9 Å². The molecule has 0 fully saturated rings. The number of hydrogen-bond acceptors (Lipinski definition) is 4. The van der Waals surface area contributed by atoms with Gasteiger partial charge in [0.25, 0.3) is 11.5 Å². The number of nitrogens with one attached hydrogen (secondary N) is 1. The van der Waals surface area contributed by atoms with Gasteiger partial charge in [0.15, 0.2) is 5.69 Å². The molecule has 0 aliphatic heterocycles. The lowest BCUT2D eigenvalue weighted by atomic mass is 10.1. The second-order valence-electron chi connectivity index (χ2n) is 6.72. The SMILES string of the molecule is CCCN(CC(=O)Nc1cc(Cl)ccc1Cl)C(=O)c1nn(C)c(=O)c2ccccc12. The minimum Gasteiger partial charge on any atom is -0.328 e. The molecular weight excluding hydrogens is 427 g/mol. The van der Waals surface area contributed by atoms with E-state index in [4.69, 9.17) is 23.2 Å². The van der Waals surface area contributed by atoms with E-state index in [-0.39, 0.29) is 17.8 Å². The molecule has 1 heterocycles. The smallest absolute Gasteiger partial charge is 0.275 e. The van der Waals surface area contributed by atoms with Gasteiger partial charge in [-0.3, -0.25) is 14.4 Å². The van der Waals surface area contributed by atoms with Gasteiger partial charge >= 0.3 is 0 Å². The zero-order valence-corrected chi connectivity index (χ0v) is 18.0. The van der Waals surface area contributed by atoms with Gasteiger partial charge in [-0.1, -0.05) is 48.3 Å². The number of hydrogen-bond donors (Lipinski definition) is 1. The number of aryl methyl sites for hydroxylation is 1. The molecule has 7 nitrogen and oxygen atoms in total. The Hall–Kier alpha value is -2.90. The number of amides is 2. The Morgan fingerprint density at radius 1 is 1.13 bits per heavy atom. The predicted molar refractivity (Wildman–Crippen MR) is 118 cm³/mol. The number of aromatic nitrogens is 2. The Kier molecular flexibility index (Phi) is 6.74. The maximum atomic E-state index is 13.2. The Bertz CT molecular complexity index is 1180. The fourth-order valence-electron chi connectivity index (χ4n) is 3.09. The van der Waals surface area contributed by atoms with Gasteiger partial charge in [0.2, 0.25) is 5.91 Å². The van der Waals surface area contributed by atoms with Crippen LogP contribution in [0.2, 0.25) is 10.0 Å². The summed E-state index contributed by atoms with van der Waals surface area (Å²) in [5.41, 5.74) is 0.191. The molecule has 1 aromatic heterocycles. The molecule has 3 rings (SSSR count). The third kappa shape index (κ3) is 4.63. The first kappa shape index (κ1) is 21.8. The highest BCUT2D eigenvalue weighted by Gasteiger charge is 2.23. The number of nitrogens with zero attached hydrogens (tertiary/aromatic N) is 3. The second-order valence-corrected chi connectivity index (χ2v) is 7.57. The molecule has 0 spiro atoms. The van der Waals surface area contributed by atoms with Crippen molar-refractivity contribution in [2.75, 3.05) is 18.4 Å². The first-order chi connectivity index (χ1) is 14.3. The minimum atomic E-state index is -0.434. The lowest BCUT2D eigenvalue weighted by Crippen LogP contribution is -2.40. The predicted octanol–water partition coefficient (Wildman–Crippen LogP) is 3.73. The number of halogens is 2. The fourth-order valence-corrected chi connectivity index (χ4v) is 3.42. The van der Waals surface area contributed by atoms with Gasteiger partial charge in [-0.2, -0.15) is 5.10 Å². The average molecular weight is 447 g/mol. The zero-order chi connectivity index (χ0) is 21.8. The molecule has 2 amide bonds. The molecule has 9 heteroatoms. The third-order valence-corrected chi connectivity index (χ3v) is 5.04. The van der Waals surface area contributed by atoms with Crippen molar-refractivity contribution >= 4 is 51.5 Å². The van der Waals surface area contributed by atoms with Gasteiger partial charge in [-0.05, 0) is 30.7 Å². The maximum Gasteiger partial charge on any atom is 0.275 e. The summed E-state index contributed by atoms with van der Waals surface area (Å²) >= 11 is 12.1. The van der Waals surface area contributed by atoms with Crippen LogP contribution in [-0.2, 0) is 11.8 Å². The van der Waals surface area contributed by atoms with E-state index in [1.807, 2.05) is 6.92 Å². The molecule has 0 aliphatic rings. The quantitative estimate of drug-likeness (QED) is 0.624. The van der Waals surface area contributed by atoms with Crippen molar-refractivity contribution in [1.82, 2.24) is 14.7 Å². The molecule has 0 bridgehead atoms. The number of anilines is 1.